The summed E-state index contributed by atoms with van der Waals surface area (Å²) in [4.78, 5) is 0. The van der Waals surface area contributed by atoms with Gasteiger partial charge in [0, 0.05) is 12.3 Å². The normalized spacial score (nSPS) is 10.4. The first-order valence-electron chi connectivity index (χ1n) is 8.38. The van der Waals surface area contributed by atoms with Crippen molar-refractivity contribution < 1.29 is 0 Å². The van der Waals surface area contributed by atoms with Crippen molar-refractivity contribution in [3.63, 3.8) is 0 Å². The molecular formula is C19H20N6. The molecule has 2 aromatic heterocycles. The molecule has 0 unspecified atom stereocenters. The number of hydrogen-bond acceptors (Lipinski definition) is 5. The lowest BCUT2D eigenvalue weighted by atomic mass is 10.0. The summed E-state index contributed by atoms with van der Waals surface area (Å²) < 4.78 is 1.85. The van der Waals surface area contributed by atoms with E-state index in [2.05, 4.69) is 38.8 Å². The van der Waals surface area contributed by atoms with Crippen molar-refractivity contribution in [1.82, 2.24) is 20.0 Å². The van der Waals surface area contributed by atoms with Crippen molar-refractivity contribution in [2.24, 2.45) is 0 Å². The highest BCUT2D eigenvalue weighted by Crippen LogP contribution is 2.22. The van der Waals surface area contributed by atoms with Gasteiger partial charge in [0.25, 0.3) is 0 Å². The number of hydrogen-bond donors (Lipinski definition) is 1. The van der Waals surface area contributed by atoms with E-state index in [0.29, 0.717) is 23.7 Å². The summed E-state index contributed by atoms with van der Waals surface area (Å²) >= 11 is 0. The Morgan fingerprint density at radius 3 is 2.56 bits per heavy atom. The minimum atomic E-state index is 0.460. The van der Waals surface area contributed by atoms with Crippen LogP contribution >= 0.6 is 0 Å². The van der Waals surface area contributed by atoms with Gasteiger partial charge in [-0.1, -0.05) is 44.2 Å². The molecule has 0 atom stereocenters. The topological polar surface area (TPSA) is 79.4 Å². The monoisotopic (exact) mass is 332 g/mol. The van der Waals surface area contributed by atoms with Gasteiger partial charge >= 0.3 is 0 Å². The number of anilines is 2. The van der Waals surface area contributed by atoms with Gasteiger partial charge in [-0.2, -0.15) is 15.5 Å². The Morgan fingerprint density at radius 1 is 1.08 bits per heavy atom. The van der Waals surface area contributed by atoms with E-state index in [9.17, 15) is 5.26 Å². The molecule has 0 saturated carbocycles. The molecule has 3 rings (SSSR count). The van der Waals surface area contributed by atoms with Crippen molar-refractivity contribution in [2.45, 2.75) is 33.2 Å². The van der Waals surface area contributed by atoms with Crippen LogP contribution in [0.1, 0.15) is 36.2 Å². The van der Waals surface area contributed by atoms with Gasteiger partial charge in [-0.15, -0.1) is 5.10 Å². The molecule has 2 heterocycles. The molecule has 0 bridgehead atoms. The van der Waals surface area contributed by atoms with Crippen molar-refractivity contribution in [3.8, 4) is 6.07 Å². The minimum Gasteiger partial charge on any atom is -0.321 e. The van der Waals surface area contributed by atoms with Gasteiger partial charge in [0.15, 0.2) is 11.6 Å². The van der Waals surface area contributed by atoms with Crippen LogP contribution in [0.5, 0.6) is 0 Å². The third-order valence-corrected chi connectivity index (χ3v) is 4.03. The van der Waals surface area contributed by atoms with Crippen LogP contribution in [-0.4, -0.2) is 20.0 Å². The Balaban J connectivity index is 1.83. The van der Waals surface area contributed by atoms with Crippen LogP contribution in [0.3, 0.4) is 0 Å². The number of rotatable bonds is 6. The van der Waals surface area contributed by atoms with E-state index in [0.717, 1.165) is 24.1 Å². The molecule has 3 aromatic rings. The largest absolute Gasteiger partial charge is 0.321 e. The molecule has 25 heavy (non-hydrogen) atoms. The zero-order valence-corrected chi connectivity index (χ0v) is 14.4. The van der Waals surface area contributed by atoms with E-state index in [1.165, 1.54) is 5.56 Å². The average Bonchev–Trinajstić information content (AvgIpc) is 3.08. The van der Waals surface area contributed by atoms with Crippen LogP contribution in [0.15, 0.2) is 42.6 Å². The highest BCUT2D eigenvalue weighted by molar-refractivity contribution is 5.62. The number of aryl methyl sites for hydroxylation is 1. The third-order valence-electron chi connectivity index (χ3n) is 4.03. The van der Waals surface area contributed by atoms with E-state index in [1.807, 2.05) is 49.0 Å². The van der Waals surface area contributed by atoms with Gasteiger partial charge in [0.1, 0.15) is 11.6 Å². The number of nitrogens with one attached hydrogen (secondary N) is 1. The predicted molar refractivity (Wildman–Crippen MR) is 96.6 cm³/mol. The van der Waals surface area contributed by atoms with E-state index in [-0.39, 0.29) is 0 Å². The summed E-state index contributed by atoms with van der Waals surface area (Å²) in [5.74, 6) is 1.11. The summed E-state index contributed by atoms with van der Waals surface area (Å²) in [5, 5.41) is 25.6. The second-order valence-corrected chi connectivity index (χ2v) is 5.68. The molecule has 1 aromatic carbocycles. The summed E-state index contributed by atoms with van der Waals surface area (Å²) in [6.45, 7) is 4.73. The lowest BCUT2D eigenvalue weighted by molar-refractivity contribution is 0.689. The van der Waals surface area contributed by atoms with Crippen LogP contribution in [0.25, 0.3) is 0 Å². The molecule has 0 aliphatic heterocycles. The molecule has 6 heteroatoms. The van der Waals surface area contributed by atoms with Crippen LogP contribution < -0.4 is 5.32 Å². The molecule has 0 spiro atoms. The summed E-state index contributed by atoms with van der Waals surface area (Å²) in [6.07, 6.45) is 3.41. The summed E-state index contributed by atoms with van der Waals surface area (Å²) in [7, 11) is 0. The first kappa shape index (κ1) is 16.7. The second-order valence-electron chi connectivity index (χ2n) is 5.68. The van der Waals surface area contributed by atoms with Gasteiger partial charge in [-0.05, 0) is 24.0 Å². The Hall–Kier alpha value is -3.20. The molecule has 0 fully saturated rings. The van der Waals surface area contributed by atoms with Gasteiger partial charge in [-0.25, -0.2) is 0 Å². The quantitative estimate of drug-likeness (QED) is 0.748. The first-order valence-corrected chi connectivity index (χ1v) is 8.38. The molecule has 1 N–H and O–H groups in total. The first-order chi connectivity index (χ1) is 12.2. The number of nitriles is 1. The zero-order chi connectivity index (χ0) is 17.6. The number of aromatic nitrogens is 4. The smallest absolute Gasteiger partial charge is 0.172 e. The zero-order valence-electron chi connectivity index (χ0n) is 14.4. The van der Waals surface area contributed by atoms with Crippen molar-refractivity contribution in [1.29, 1.82) is 5.26 Å². The third kappa shape index (κ3) is 3.66. The highest BCUT2D eigenvalue weighted by atomic mass is 15.3. The summed E-state index contributed by atoms with van der Waals surface area (Å²) in [6, 6.07) is 14.3. The van der Waals surface area contributed by atoms with Gasteiger partial charge in [0.05, 0.1) is 12.2 Å². The fraction of sp³-hybridized carbons (Fsp3) is 0.263. The van der Waals surface area contributed by atoms with Gasteiger partial charge in [0.2, 0.25) is 0 Å². The van der Waals surface area contributed by atoms with Crippen LogP contribution in [-0.2, 0) is 19.4 Å². The maximum atomic E-state index is 9.55. The molecule has 0 amide bonds. The van der Waals surface area contributed by atoms with Crippen LogP contribution in [0.2, 0.25) is 0 Å². The maximum Gasteiger partial charge on any atom is 0.172 e. The molecule has 6 nitrogen and oxygen atoms in total. The Kier molecular flexibility index (Phi) is 5.05. The molecule has 0 aliphatic carbocycles. The lowest BCUT2D eigenvalue weighted by Gasteiger charge is -2.10. The van der Waals surface area contributed by atoms with Crippen molar-refractivity contribution in [3.05, 3.63) is 65.0 Å². The van der Waals surface area contributed by atoms with Crippen molar-refractivity contribution in [2.75, 3.05) is 5.32 Å². The SMILES string of the molecule is CCc1nnc(Nc2ccn(Cc3ccccc3)n2)c(C#N)c1CC. The molecular weight excluding hydrogens is 312 g/mol. The molecule has 0 aliphatic rings. The minimum absolute atomic E-state index is 0.460. The van der Waals surface area contributed by atoms with E-state index < -0.39 is 0 Å². The van der Waals surface area contributed by atoms with E-state index in [4.69, 9.17) is 0 Å². The fourth-order valence-corrected chi connectivity index (χ4v) is 2.79. The highest BCUT2D eigenvalue weighted by Gasteiger charge is 2.15. The Labute approximate surface area is 147 Å². The Bertz CT molecular complexity index is 892. The predicted octanol–water partition coefficient (Wildman–Crippen LogP) is 3.46. The van der Waals surface area contributed by atoms with Crippen molar-refractivity contribution >= 4 is 11.6 Å². The molecule has 126 valence electrons. The molecule has 0 radical (unpaired) electrons. The standard InChI is InChI=1S/C19H20N6/c1-3-15-16(12-20)19(23-22-17(15)4-2)21-18-10-11-25(24-18)13-14-8-6-5-7-9-14/h5-11H,3-4,13H2,1-2H3,(H,21,23,24). The number of benzene rings is 1. The van der Waals surface area contributed by atoms with Gasteiger partial charge < -0.3 is 5.32 Å². The second kappa shape index (κ2) is 7.58. The fourth-order valence-electron chi connectivity index (χ4n) is 2.79. The molecule has 0 saturated heterocycles. The maximum absolute atomic E-state index is 9.55. The van der Waals surface area contributed by atoms with Crippen LogP contribution in [0, 0.1) is 11.3 Å². The van der Waals surface area contributed by atoms with Gasteiger partial charge in [-0.3, -0.25) is 4.68 Å². The Morgan fingerprint density at radius 2 is 1.88 bits per heavy atom. The van der Waals surface area contributed by atoms with Crippen LogP contribution in [0.4, 0.5) is 11.6 Å². The number of nitrogens with zero attached hydrogens (tertiary/aromatic N) is 5. The van der Waals surface area contributed by atoms with E-state index >= 15 is 0 Å². The lowest BCUT2D eigenvalue weighted by Crippen LogP contribution is -2.08. The summed E-state index contributed by atoms with van der Waals surface area (Å²) in [5.41, 5.74) is 3.55. The average molecular weight is 332 g/mol. The van der Waals surface area contributed by atoms with E-state index in [1.54, 1.807) is 0 Å².